The largest absolute Gasteiger partial charge is 0.388 e. The molecule has 0 bridgehead atoms. The number of β-amino-alcohol motifs (C(OH)–C–C–N with tert-alkyl or cyclic N) is 1. The molecular formula is C16H24N2O3S. The van der Waals surface area contributed by atoms with Crippen LogP contribution < -0.4 is 10.0 Å². The molecule has 5 nitrogen and oxygen atoms in total. The van der Waals surface area contributed by atoms with Gasteiger partial charge in [0.1, 0.15) is 0 Å². The molecule has 2 aliphatic rings. The molecule has 0 atom stereocenters. The highest BCUT2D eigenvalue weighted by molar-refractivity contribution is 7.89. The Balaban J connectivity index is 1.77. The highest BCUT2D eigenvalue weighted by Crippen LogP contribution is 2.36. The van der Waals surface area contributed by atoms with Crippen LogP contribution in [-0.4, -0.2) is 32.2 Å². The Morgan fingerprint density at radius 2 is 2.05 bits per heavy atom. The molecule has 0 amide bonds. The lowest BCUT2D eigenvalue weighted by Crippen LogP contribution is -2.45. The third-order valence-electron chi connectivity index (χ3n) is 5.06. The van der Waals surface area contributed by atoms with Crippen LogP contribution in [-0.2, 0) is 16.4 Å². The number of hydrogen-bond donors (Lipinski definition) is 2. The molecule has 6 heteroatoms. The summed E-state index contributed by atoms with van der Waals surface area (Å²) < 4.78 is 22.9. The van der Waals surface area contributed by atoms with Crippen molar-refractivity contribution in [3.8, 4) is 0 Å². The van der Waals surface area contributed by atoms with E-state index in [2.05, 4.69) is 11.8 Å². The Morgan fingerprint density at radius 1 is 1.36 bits per heavy atom. The molecule has 22 heavy (non-hydrogen) atoms. The van der Waals surface area contributed by atoms with E-state index >= 15 is 0 Å². The average molecular weight is 324 g/mol. The second-order valence-electron chi connectivity index (χ2n) is 6.91. The zero-order chi connectivity index (χ0) is 16.0. The first-order chi connectivity index (χ1) is 10.3. The summed E-state index contributed by atoms with van der Waals surface area (Å²) >= 11 is 0. The minimum atomic E-state index is -3.66. The first kappa shape index (κ1) is 15.8. The molecule has 1 fully saturated rings. The Bertz CT molecular complexity index is 664. The molecular weight excluding hydrogens is 300 g/mol. The van der Waals surface area contributed by atoms with Crippen LogP contribution in [0.15, 0.2) is 23.1 Å². The molecule has 1 saturated carbocycles. The van der Waals surface area contributed by atoms with Gasteiger partial charge in [0.15, 0.2) is 0 Å². The van der Waals surface area contributed by atoms with Crippen molar-refractivity contribution in [2.75, 3.05) is 18.0 Å². The van der Waals surface area contributed by atoms with Crippen LogP contribution in [0.2, 0.25) is 0 Å². The Labute approximate surface area is 132 Å². The van der Waals surface area contributed by atoms with Crippen LogP contribution >= 0.6 is 0 Å². The third kappa shape index (κ3) is 3.14. The van der Waals surface area contributed by atoms with Gasteiger partial charge in [-0.3, -0.25) is 0 Å². The fourth-order valence-electron chi connectivity index (χ4n) is 3.60. The molecule has 0 aromatic heterocycles. The molecule has 1 heterocycles. The normalized spacial score (nSPS) is 28.7. The summed E-state index contributed by atoms with van der Waals surface area (Å²) in [5.74, 6) is 0.698. The molecule has 0 radical (unpaired) electrons. The van der Waals surface area contributed by atoms with Crippen molar-refractivity contribution in [3.63, 3.8) is 0 Å². The Kier molecular flexibility index (Phi) is 3.95. The topological polar surface area (TPSA) is 83.6 Å². The molecule has 3 N–H and O–H groups in total. The van der Waals surface area contributed by atoms with Gasteiger partial charge in [-0.2, -0.15) is 0 Å². The van der Waals surface area contributed by atoms with Crippen molar-refractivity contribution in [1.82, 2.24) is 0 Å². The summed E-state index contributed by atoms with van der Waals surface area (Å²) in [6.45, 7) is 3.68. The number of primary sulfonamides is 1. The fourth-order valence-corrected chi connectivity index (χ4v) is 4.16. The minimum Gasteiger partial charge on any atom is -0.388 e. The lowest BCUT2D eigenvalue weighted by molar-refractivity contribution is -0.0000319. The summed E-state index contributed by atoms with van der Waals surface area (Å²) in [4.78, 5) is 2.34. The van der Waals surface area contributed by atoms with Crippen molar-refractivity contribution >= 4 is 15.7 Å². The number of nitrogens with two attached hydrogens (primary N) is 1. The quantitative estimate of drug-likeness (QED) is 0.885. The van der Waals surface area contributed by atoms with Gasteiger partial charge in [0.05, 0.1) is 10.5 Å². The van der Waals surface area contributed by atoms with E-state index in [1.54, 1.807) is 12.1 Å². The molecule has 1 aliphatic carbocycles. The molecule has 1 aliphatic heterocycles. The molecule has 0 spiro atoms. The highest BCUT2D eigenvalue weighted by atomic mass is 32.2. The smallest absolute Gasteiger partial charge is 0.238 e. The average Bonchev–Trinajstić information content (AvgIpc) is 2.84. The molecule has 122 valence electrons. The van der Waals surface area contributed by atoms with Crippen LogP contribution in [0.3, 0.4) is 0 Å². The van der Waals surface area contributed by atoms with Gasteiger partial charge >= 0.3 is 0 Å². The second kappa shape index (κ2) is 5.51. The monoisotopic (exact) mass is 324 g/mol. The summed E-state index contributed by atoms with van der Waals surface area (Å²) in [6.07, 6.45) is 4.62. The van der Waals surface area contributed by atoms with Gasteiger partial charge in [-0.1, -0.05) is 6.92 Å². The van der Waals surface area contributed by atoms with Crippen LogP contribution in [0.4, 0.5) is 5.69 Å². The van der Waals surface area contributed by atoms with Gasteiger partial charge in [-0.05, 0) is 61.8 Å². The van der Waals surface area contributed by atoms with E-state index in [0.29, 0.717) is 12.5 Å². The lowest BCUT2D eigenvalue weighted by Gasteiger charge is -2.38. The molecule has 0 saturated heterocycles. The Hall–Kier alpha value is -1.11. The predicted octanol–water partition coefficient (Wildman–Crippen LogP) is 1.64. The number of nitrogens with zero attached hydrogens (tertiary/aromatic N) is 1. The number of anilines is 1. The Morgan fingerprint density at radius 3 is 2.68 bits per heavy atom. The standard InChI is InChI=1S/C16H24N2O3S/c1-12-4-7-16(19,8-5-12)11-18-9-6-13-10-14(22(17,20)21)2-3-15(13)18/h2-3,10,12,19H,4-9,11H2,1H3,(H2,17,20,21). The minimum absolute atomic E-state index is 0.165. The van der Waals surface area contributed by atoms with E-state index in [0.717, 1.165) is 49.9 Å². The summed E-state index contributed by atoms with van der Waals surface area (Å²) in [5.41, 5.74) is 1.41. The predicted molar refractivity (Wildman–Crippen MR) is 86.3 cm³/mol. The van der Waals surface area contributed by atoms with Crippen LogP contribution in [0.1, 0.15) is 38.2 Å². The third-order valence-corrected chi connectivity index (χ3v) is 5.97. The SMILES string of the molecule is CC1CCC(O)(CN2CCc3cc(S(N)(=O)=O)ccc32)CC1. The zero-order valence-electron chi connectivity index (χ0n) is 13.0. The molecule has 3 rings (SSSR count). The maximum Gasteiger partial charge on any atom is 0.238 e. The van der Waals surface area contributed by atoms with Crippen molar-refractivity contribution in [1.29, 1.82) is 0 Å². The van der Waals surface area contributed by atoms with E-state index in [-0.39, 0.29) is 4.90 Å². The van der Waals surface area contributed by atoms with Gasteiger partial charge in [-0.25, -0.2) is 13.6 Å². The number of benzene rings is 1. The van der Waals surface area contributed by atoms with Crippen LogP contribution in [0.25, 0.3) is 0 Å². The lowest BCUT2D eigenvalue weighted by atomic mass is 9.79. The van der Waals surface area contributed by atoms with E-state index in [1.165, 1.54) is 0 Å². The first-order valence-corrected chi connectivity index (χ1v) is 9.45. The first-order valence-electron chi connectivity index (χ1n) is 7.90. The number of aliphatic hydroxyl groups is 1. The maximum atomic E-state index is 11.4. The van der Waals surface area contributed by atoms with Crippen molar-refractivity contribution < 1.29 is 13.5 Å². The molecule has 1 aromatic rings. The van der Waals surface area contributed by atoms with E-state index in [1.807, 2.05) is 6.07 Å². The van der Waals surface area contributed by atoms with E-state index in [9.17, 15) is 13.5 Å². The van der Waals surface area contributed by atoms with Crippen LogP contribution in [0.5, 0.6) is 0 Å². The van der Waals surface area contributed by atoms with Crippen molar-refractivity contribution in [2.45, 2.75) is 49.5 Å². The van der Waals surface area contributed by atoms with E-state index in [4.69, 9.17) is 5.14 Å². The summed E-state index contributed by atoms with van der Waals surface area (Å²) in [7, 11) is -3.66. The van der Waals surface area contributed by atoms with Gasteiger partial charge in [0, 0.05) is 18.8 Å². The van der Waals surface area contributed by atoms with Gasteiger partial charge in [-0.15, -0.1) is 0 Å². The van der Waals surface area contributed by atoms with Gasteiger partial charge < -0.3 is 10.0 Å². The zero-order valence-corrected chi connectivity index (χ0v) is 13.8. The molecule has 0 unspecified atom stereocenters. The van der Waals surface area contributed by atoms with Crippen LogP contribution in [0, 0.1) is 5.92 Å². The number of fused-ring (bicyclic) bond motifs is 1. The van der Waals surface area contributed by atoms with Gasteiger partial charge in [0.2, 0.25) is 10.0 Å². The maximum absolute atomic E-state index is 11.4. The van der Waals surface area contributed by atoms with Crippen molar-refractivity contribution in [2.24, 2.45) is 11.1 Å². The van der Waals surface area contributed by atoms with Crippen molar-refractivity contribution in [3.05, 3.63) is 23.8 Å². The fraction of sp³-hybridized carbons (Fsp3) is 0.625. The number of rotatable bonds is 3. The molecule has 1 aromatic carbocycles. The van der Waals surface area contributed by atoms with E-state index < -0.39 is 15.6 Å². The number of hydrogen-bond acceptors (Lipinski definition) is 4. The number of sulfonamides is 1. The highest BCUT2D eigenvalue weighted by Gasteiger charge is 2.35. The second-order valence-corrected chi connectivity index (χ2v) is 8.48. The summed E-state index contributed by atoms with van der Waals surface area (Å²) in [6, 6.07) is 5.04. The van der Waals surface area contributed by atoms with Gasteiger partial charge in [0.25, 0.3) is 0 Å². The summed E-state index contributed by atoms with van der Waals surface area (Å²) in [5, 5.41) is 16.0.